The van der Waals surface area contributed by atoms with Crippen LogP contribution in [0.5, 0.6) is 0 Å². The van der Waals surface area contributed by atoms with Crippen molar-refractivity contribution in [3.05, 3.63) is 35.4 Å². The fraction of sp³-hybridized carbons (Fsp3) is 0.500. The summed E-state index contributed by atoms with van der Waals surface area (Å²) in [5, 5.41) is 9.82. The molecule has 1 aliphatic carbocycles. The van der Waals surface area contributed by atoms with E-state index in [-0.39, 0.29) is 6.10 Å². The Morgan fingerprint density at radius 1 is 1.46 bits per heavy atom. The van der Waals surface area contributed by atoms with Gasteiger partial charge in [0.1, 0.15) is 0 Å². The fourth-order valence-electron chi connectivity index (χ4n) is 2.14. The molecule has 0 saturated heterocycles. The molecule has 13 heavy (non-hydrogen) atoms. The molecular weight excluding hydrogens is 160 g/mol. The topological polar surface area (TPSA) is 20.2 Å². The Hall–Kier alpha value is -0.820. The number of benzene rings is 1. The first-order chi connectivity index (χ1) is 6.33. The van der Waals surface area contributed by atoms with Crippen LogP contribution in [0.3, 0.4) is 0 Å². The summed E-state index contributed by atoms with van der Waals surface area (Å²) in [6.45, 7) is 2.12. The molecule has 0 aromatic heterocycles. The summed E-state index contributed by atoms with van der Waals surface area (Å²) in [7, 11) is 0. The van der Waals surface area contributed by atoms with Crippen LogP contribution in [0.15, 0.2) is 24.3 Å². The fourth-order valence-corrected chi connectivity index (χ4v) is 2.14. The zero-order chi connectivity index (χ0) is 9.26. The molecule has 0 aliphatic heterocycles. The van der Waals surface area contributed by atoms with Crippen LogP contribution in [-0.2, 0) is 6.42 Å². The summed E-state index contributed by atoms with van der Waals surface area (Å²) in [6, 6.07) is 8.43. The van der Waals surface area contributed by atoms with Gasteiger partial charge in [-0.25, -0.2) is 0 Å². The highest BCUT2D eigenvalue weighted by Gasteiger charge is 2.30. The standard InChI is InChI=1S/C12H16O/c1-2-5-12(13)11-8-9-6-3-4-7-10(9)11/h3-4,6-7,11-13H,2,5,8H2,1H3. The molecule has 2 unspecified atom stereocenters. The summed E-state index contributed by atoms with van der Waals surface area (Å²) < 4.78 is 0. The highest BCUT2D eigenvalue weighted by molar-refractivity contribution is 5.40. The number of hydrogen-bond donors (Lipinski definition) is 1. The van der Waals surface area contributed by atoms with Gasteiger partial charge < -0.3 is 5.11 Å². The molecule has 0 saturated carbocycles. The average molecular weight is 176 g/mol. The van der Waals surface area contributed by atoms with E-state index in [0.29, 0.717) is 5.92 Å². The van der Waals surface area contributed by atoms with E-state index >= 15 is 0 Å². The van der Waals surface area contributed by atoms with Gasteiger partial charge in [-0.15, -0.1) is 0 Å². The molecule has 2 rings (SSSR count). The van der Waals surface area contributed by atoms with Gasteiger partial charge in [-0.2, -0.15) is 0 Å². The first-order valence-electron chi connectivity index (χ1n) is 5.08. The molecule has 2 atom stereocenters. The van der Waals surface area contributed by atoms with Crippen LogP contribution in [0.4, 0.5) is 0 Å². The third kappa shape index (κ3) is 1.49. The lowest BCUT2D eigenvalue weighted by Gasteiger charge is -2.33. The third-order valence-corrected chi connectivity index (χ3v) is 2.94. The van der Waals surface area contributed by atoms with Gasteiger partial charge in [-0.05, 0) is 24.0 Å². The van der Waals surface area contributed by atoms with Gasteiger partial charge in [0.05, 0.1) is 6.10 Å². The molecule has 1 aliphatic rings. The van der Waals surface area contributed by atoms with Gasteiger partial charge in [0, 0.05) is 5.92 Å². The van der Waals surface area contributed by atoms with Crippen molar-refractivity contribution in [3.63, 3.8) is 0 Å². The smallest absolute Gasteiger partial charge is 0.0611 e. The van der Waals surface area contributed by atoms with E-state index in [4.69, 9.17) is 0 Å². The quantitative estimate of drug-likeness (QED) is 0.750. The van der Waals surface area contributed by atoms with Gasteiger partial charge in [-0.3, -0.25) is 0 Å². The molecule has 1 aromatic rings. The van der Waals surface area contributed by atoms with E-state index in [1.165, 1.54) is 11.1 Å². The van der Waals surface area contributed by atoms with Gasteiger partial charge in [0.25, 0.3) is 0 Å². The monoisotopic (exact) mass is 176 g/mol. The van der Waals surface area contributed by atoms with Crippen molar-refractivity contribution in [2.75, 3.05) is 0 Å². The van der Waals surface area contributed by atoms with E-state index in [0.717, 1.165) is 19.3 Å². The normalized spacial score (nSPS) is 21.8. The van der Waals surface area contributed by atoms with Crippen LogP contribution in [0, 0.1) is 0 Å². The van der Waals surface area contributed by atoms with Crippen LogP contribution in [-0.4, -0.2) is 11.2 Å². The van der Waals surface area contributed by atoms with Crippen LogP contribution in [0.1, 0.15) is 36.8 Å². The minimum Gasteiger partial charge on any atom is -0.392 e. The Morgan fingerprint density at radius 2 is 2.23 bits per heavy atom. The molecule has 0 amide bonds. The van der Waals surface area contributed by atoms with Gasteiger partial charge in [0.2, 0.25) is 0 Å². The van der Waals surface area contributed by atoms with Crippen molar-refractivity contribution >= 4 is 0 Å². The highest BCUT2D eigenvalue weighted by atomic mass is 16.3. The second-order valence-corrected chi connectivity index (χ2v) is 3.87. The SMILES string of the molecule is CCCC(O)C1Cc2ccccc21. The highest BCUT2D eigenvalue weighted by Crippen LogP contribution is 2.38. The number of aliphatic hydroxyl groups excluding tert-OH is 1. The lowest BCUT2D eigenvalue weighted by molar-refractivity contribution is 0.123. The molecule has 0 bridgehead atoms. The maximum Gasteiger partial charge on any atom is 0.0611 e. The summed E-state index contributed by atoms with van der Waals surface area (Å²) in [5.74, 6) is 0.413. The Balaban J connectivity index is 2.08. The van der Waals surface area contributed by atoms with Crippen LogP contribution < -0.4 is 0 Å². The van der Waals surface area contributed by atoms with Crippen LogP contribution in [0.25, 0.3) is 0 Å². The van der Waals surface area contributed by atoms with E-state index < -0.39 is 0 Å². The average Bonchev–Trinajstić information content (AvgIpc) is 2.07. The largest absolute Gasteiger partial charge is 0.392 e. The van der Waals surface area contributed by atoms with Crippen molar-refractivity contribution in [3.8, 4) is 0 Å². The Labute approximate surface area is 79.4 Å². The van der Waals surface area contributed by atoms with E-state index in [1.807, 2.05) is 0 Å². The van der Waals surface area contributed by atoms with Gasteiger partial charge in [0.15, 0.2) is 0 Å². The molecule has 1 aromatic carbocycles. The third-order valence-electron chi connectivity index (χ3n) is 2.94. The Bertz CT molecular complexity index is 293. The zero-order valence-electron chi connectivity index (χ0n) is 8.03. The van der Waals surface area contributed by atoms with Gasteiger partial charge >= 0.3 is 0 Å². The summed E-state index contributed by atoms with van der Waals surface area (Å²) in [4.78, 5) is 0. The Kier molecular flexibility index (Phi) is 2.36. The molecule has 0 heterocycles. The minimum atomic E-state index is -0.125. The maximum absolute atomic E-state index is 9.82. The van der Waals surface area contributed by atoms with Gasteiger partial charge in [-0.1, -0.05) is 37.6 Å². The summed E-state index contributed by atoms with van der Waals surface area (Å²) in [5.41, 5.74) is 2.78. The molecule has 0 spiro atoms. The summed E-state index contributed by atoms with van der Waals surface area (Å²) in [6.07, 6.45) is 2.94. The number of fused-ring (bicyclic) bond motifs is 1. The maximum atomic E-state index is 9.82. The van der Waals surface area contributed by atoms with E-state index in [2.05, 4.69) is 31.2 Å². The van der Waals surface area contributed by atoms with E-state index in [1.54, 1.807) is 0 Å². The van der Waals surface area contributed by atoms with Crippen LogP contribution >= 0.6 is 0 Å². The predicted molar refractivity (Wildman–Crippen MR) is 53.8 cm³/mol. The van der Waals surface area contributed by atoms with Crippen molar-refractivity contribution < 1.29 is 5.11 Å². The second kappa shape index (κ2) is 3.51. The molecule has 0 fully saturated rings. The lowest BCUT2D eigenvalue weighted by atomic mass is 9.73. The van der Waals surface area contributed by atoms with Crippen molar-refractivity contribution in [2.45, 2.75) is 38.2 Å². The van der Waals surface area contributed by atoms with Crippen LogP contribution in [0.2, 0.25) is 0 Å². The molecule has 1 nitrogen and oxygen atoms in total. The number of hydrogen-bond acceptors (Lipinski definition) is 1. The molecule has 70 valence electrons. The van der Waals surface area contributed by atoms with E-state index in [9.17, 15) is 5.11 Å². The first kappa shape index (κ1) is 8.76. The lowest BCUT2D eigenvalue weighted by Crippen LogP contribution is -2.28. The number of rotatable bonds is 3. The number of aliphatic hydroxyl groups is 1. The molecule has 0 radical (unpaired) electrons. The summed E-state index contributed by atoms with van der Waals surface area (Å²) >= 11 is 0. The van der Waals surface area contributed by atoms with Crippen molar-refractivity contribution in [1.29, 1.82) is 0 Å². The molecular formula is C12H16O. The second-order valence-electron chi connectivity index (χ2n) is 3.87. The minimum absolute atomic E-state index is 0.125. The molecule has 1 heteroatoms. The predicted octanol–water partition coefficient (Wildman–Crippen LogP) is 2.49. The zero-order valence-corrected chi connectivity index (χ0v) is 8.03. The molecule has 1 N–H and O–H groups in total. The van der Waals surface area contributed by atoms with Crippen molar-refractivity contribution in [2.24, 2.45) is 0 Å². The van der Waals surface area contributed by atoms with Crippen molar-refractivity contribution in [1.82, 2.24) is 0 Å². The first-order valence-corrected chi connectivity index (χ1v) is 5.08. The Morgan fingerprint density at radius 3 is 2.92 bits per heavy atom.